The van der Waals surface area contributed by atoms with Gasteiger partial charge in [-0.3, -0.25) is 14.7 Å². The van der Waals surface area contributed by atoms with E-state index in [-0.39, 0.29) is 18.6 Å². The van der Waals surface area contributed by atoms with Crippen LogP contribution in [-0.4, -0.2) is 78.3 Å². The molecule has 0 unspecified atom stereocenters. The van der Waals surface area contributed by atoms with Gasteiger partial charge in [-0.05, 0) is 32.9 Å². The maximum Gasteiger partial charge on any atom is 0.410 e. The fraction of sp³-hybridized carbons (Fsp3) is 0.611. The molecule has 2 amide bonds. The van der Waals surface area contributed by atoms with E-state index in [2.05, 4.69) is 15.2 Å². The van der Waals surface area contributed by atoms with Crippen LogP contribution in [0.5, 0.6) is 5.75 Å². The molecule has 0 aromatic carbocycles. The number of rotatable bonds is 6. The van der Waals surface area contributed by atoms with E-state index in [4.69, 9.17) is 9.47 Å². The Morgan fingerprint density at radius 3 is 2.58 bits per heavy atom. The number of hydrogen-bond donors (Lipinski definition) is 1. The van der Waals surface area contributed by atoms with Crippen LogP contribution < -0.4 is 10.1 Å². The molecule has 0 bridgehead atoms. The van der Waals surface area contributed by atoms with Gasteiger partial charge in [-0.15, -0.1) is 0 Å². The van der Waals surface area contributed by atoms with Crippen molar-refractivity contribution in [3.05, 3.63) is 24.5 Å². The summed E-state index contributed by atoms with van der Waals surface area (Å²) in [5.74, 6) is 0.405. The molecule has 26 heavy (non-hydrogen) atoms. The highest BCUT2D eigenvalue weighted by atomic mass is 16.6. The standard InChI is InChI=1S/C18H28N4O4/c1-18(2,3)26-17(24)22-11-9-21(10-12-22)8-7-20-16(23)14-25-15-5-4-6-19-13-15/h4-6,13H,7-12,14H2,1-3H3,(H,20,23). The summed E-state index contributed by atoms with van der Waals surface area (Å²) in [6.07, 6.45) is 2.95. The van der Waals surface area contributed by atoms with Crippen LogP contribution in [0.15, 0.2) is 24.5 Å². The maximum absolute atomic E-state index is 12.0. The largest absolute Gasteiger partial charge is 0.482 e. The second-order valence-electron chi connectivity index (χ2n) is 7.14. The Balaban J connectivity index is 1.58. The van der Waals surface area contributed by atoms with E-state index in [9.17, 15) is 9.59 Å². The Kier molecular flexibility index (Phi) is 7.20. The van der Waals surface area contributed by atoms with Crippen LogP contribution in [0, 0.1) is 0 Å². The molecular weight excluding hydrogens is 336 g/mol. The van der Waals surface area contributed by atoms with E-state index >= 15 is 0 Å². The highest BCUT2D eigenvalue weighted by Crippen LogP contribution is 2.11. The number of carbonyl (C=O) groups is 2. The molecule has 1 fully saturated rings. The maximum atomic E-state index is 12.0. The van der Waals surface area contributed by atoms with Crippen LogP contribution >= 0.6 is 0 Å². The van der Waals surface area contributed by atoms with Gasteiger partial charge in [0, 0.05) is 45.5 Å². The number of aromatic nitrogens is 1. The minimum absolute atomic E-state index is 0.0296. The van der Waals surface area contributed by atoms with Crippen LogP contribution in [0.1, 0.15) is 20.8 Å². The zero-order chi connectivity index (χ0) is 19.0. The van der Waals surface area contributed by atoms with Crippen LogP contribution in [0.3, 0.4) is 0 Å². The van der Waals surface area contributed by atoms with E-state index < -0.39 is 5.60 Å². The van der Waals surface area contributed by atoms with Gasteiger partial charge >= 0.3 is 6.09 Å². The molecule has 0 saturated carbocycles. The molecule has 0 aliphatic carbocycles. The second kappa shape index (κ2) is 9.38. The van der Waals surface area contributed by atoms with Crippen LogP contribution in [0.4, 0.5) is 4.79 Å². The number of hydrogen-bond acceptors (Lipinski definition) is 6. The van der Waals surface area contributed by atoms with Crippen LogP contribution in [-0.2, 0) is 9.53 Å². The van der Waals surface area contributed by atoms with Crippen molar-refractivity contribution < 1.29 is 19.1 Å². The Morgan fingerprint density at radius 2 is 1.96 bits per heavy atom. The highest BCUT2D eigenvalue weighted by molar-refractivity contribution is 5.77. The van der Waals surface area contributed by atoms with Crippen molar-refractivity contribution in [1.29, 1.82) is 0 Å². The van der Waals surface area contributed by atoms with Gasteiger partial charge in [-0.2, -0.15) is 0 Å². The number of ether oxygens (including phenoxy) is 2. The van der Waals surface area contributed by atoms with Crippen molar-refractivity contribution in [2.24, 2.45) is 0 Å². The molecule has 1 aromatic rings. The predicted octanol–water partition coefficient (Wildman–Crippen LogP) is 1.13. The predicted molar refractivity (Wildman–Crippen MR) is 97.0 cm³/mol. The van der Waals surface area contributed by atoms with Crippen LogP contribution in [0.2, 0.25) is 0 Å². The molecule has 2 heterocycles. The summed E-state index contributed by atoms with van der Waals surface area (Å²) >= 11 is 0. The van der Waals surface area contributed by atoms with Crippen molar-refractivity contribution in [2.45, 2.75) is 26.4 Å². The Labute approximate surface area is 154 Å². The third-order valence-corrected chi connectivity index (χ3v) is 3.78. The fourth-order valence-corrected chi connectivity index (χ4v) is 2.47. The average Bonchev–Trinajstić information content (AvgIpc) is 2.60. The SMILES string of the molecule is CC(C)(C)OC(=O)N1CCN(CCNC(=O)COc2cccnc2)CC1. The first kappa shape index (κ1) is 20.0. The number of piperazine rings is 1. The lowest BCUT2D eigenvalue weighted by molar-refractivity contribution is -0.123. The molecule has 1 aromatic heterocycles. The van der Waals surface area contributed by atoms with Gasteiger partial charge in [-0.1, -0.05) is 0 Å². The molecule has 0 radical (unpaired) electrons. The normalized spacial score (nSPS) is 15.4. The van der Waals surface area contributed by atoms with Crippen molar-refractivity contribution in [2.75, 3.05) is 45.9 Å². The van der Waals surface area contributed by atoms with Crippen molar-refractivity contribution in [3.8, 4) is 5.75 Å². The fourth-order valence-electron chi connectivity index (χ4n) is 2.47. The van der Waals surface area contributed by atoms with E-state index in [1.165, 1.54) is 0 Å². The summed E-state index contributed by atoms with van der Waals surface area (Å²) in [4.78, 5) is 31.7. The Hall–Kier alpha value is -2.35. The molecule has 0 atom stereocenters. The summed E-state index contributed by atoms with van der Waals surface area (Å²) < 4.78 is 10.7. The van der Waals surface area contributed by atoms with E-state index in [1.54, 1.807) is 29.4 Å². The van der Waals surface area contributed by atoms with Crippen LogP contribution in [0.25, 0.3) is 0 Å². The second-order valence-corrected chi connectivity index (χ2v) is 7.14. The summed E-state index contributed by atoms with van der Waals surface area (Å²) in [5.41, 5.74) is -0.476. The van der Waals surface area contributed by atoms with Crippen molar-refractivity contribution in [3.63, 3.8) is 0 Å². The average molecular weight is 364 g/mol. The molecule has 8 heteroatoms. The van der Waals surface area contributed by atoms with Crippen molar-refractivity contribution in [1.82, 2.24) is 20.1 Å². The molecule has 8 nitrogen and oxygen atoms in total. The van der Waals surface area contributed by atoms with Crippen molar-refractivity contribution >= 4 is 12.0 Å². The molecule has 1 aliphatic rings. The molecular formula is C18H28N4O4. The van der Waals surface area contributed by atoms with E-state index in [0.29, 0.717) is 25.4 Å². The first-order chi connectivity index (χ1) is 12.3. The van der Waals surface area contributed by atoms with Gasteiger partial charge in [0.2, 0.25) is 0 Å². The van der Waals surface area contributed by atoms with E-state index in [1.807, 2.05) is 20.8 Å². The quantitative estimate of drug-likeness (QED) is 0.815. The molecule has 1 N–H and O–H groups in total. The first-order valence-corrected chi connectivity index (χ1v) is 8.83. The molecule has 1 saturated heterocycles. The lowest BCUT2D eigenvalue weighted by atomic mass is 10.2. The minimum atomic E-state index is -0.476. The highest BCUT2D eigenvalue weighted by Gasteiger charge is 2.25. The number of carbonyl (C=O) groups excluding carboxylic acids is 2. The van der Waals surface area contributed by atoms with E-state index in [0.717, 1.165) is 19.6 Å². The topological polar surface area (TPSA) is 84.0 Å². The number of nitrogens with zero attached hydrogens (tertiary/aromatic N) is 3. The monoisotopic (exact) mass is 364 g/mol. The summed E-state index contributed by atoms with van der Waals surface area (Å²) in [6, 6.07) is 3.51. The van der Waals surface area contributed by atoms with Gasteiger partial charge in [0.05, 0.1) is 6.20 Å². The molecule has 1 aliphatic heterocycles. The summed E-state index contributed by atoms with van der Waals surface area (Å²) in [7, 11) is 0. The van der Waals surface area contributed by atoms with Gasteiger partial charge in [0.1, 0.15) is 11.4 Å². The number of amides is 2. The zero-order valence-electron chi connectivity index (χ0n) is 15.7. The molecule has 144 valence electrons. The lowest BCUT2D eigenvalue weighted by Gasteiger charge is -2.35. The Bertz CT molecular complexity index is 581. The number of nitrogens with one attached hydrogen (secondary N) is 1. The lowest BCUT2D eigenvalue weighted by Crippen LogP contribution is -2.51. The van der Waals surface area contributed by atoms with Gasteiger partial charge in [0.15, 0.2) is 6.61 Å². The van der Waals surface area contributed by atoms with Gasteiger partial charge in [-0.25, -0.2) is 4.79 Å². The smallest absolute Gasteiger partial charge is 0.410 e. The van der Waals surface area contributed by atoms with Gasteiger partial charge in [0.25, 0.3) is 5.91 Å². The Morgan fingerprint density at radius 1 is 1.23 bits per heavy atom. The first-order valence-electron chi connectivity index (χ1n) is 8.83. The number of pyridine rings is 1. The molecule has 0 spiro atoms. The molecule has 2 rings (SSSR count). The van der Waals surface area contributed by atoms with Gasteiger partial charge < -0.3 is 19.7 Å². The zero-order valence-corrected chi connectivity index (χ0v) is 15.7. The third kappa shape index (κ3) is 7.26. The summed E-state index contributed by atoms with van der Waals surface area (Å²) in [6.45, 7) is 9.63. The summed E-state index contributed by atoms with van der Waals surface area (Å²) in [5, 5.41) is 2.83. The minimum Gasteiger partial charge on any atom is -0.482 e. The third-order valence-electron chi connectivity index (χ3n) is 3.78.